The zero-order chi connectivity index (χ0) is 35.3. The zero-order valence-electron chi connectivity index (χ0n) is 28.9. The number of aromatic nitrogens is 4. The SMILES string of the molecule is c1ccc(-n2c3ccccc3c3cc(-c4nc5ccccc5c5c4cc(-c4cc6cccnc6c6ncccc46)c4oc6ccccc6c45)ccc32)cc1. The van der Waals surface area contributed by atoms with Gasteiger partial charge < -0.3 is 8.98 Å². The highest BCUT2D eigenvalue weighted by molar-refractivity contribution is 6.31. The monoisotopic (exact) mass is 688 g/mol. The molecule has 0 saturated carbocycles. The van der Waals surface area contributed by atoms with Crippen LogP contribution < -0.4 is 0 Å². The fourth-order valence-corrected chi connectivity index (χ4v) is 8.72. The van der Waals surface area contributed by atoms with Crippen LogP contribution in [0.2, 0.25) is 0 Å². The van der Waals surface area contributed by atoms with E-state index in [0.29, 0.717) is 0 Å². The van der Waals surface area contributed by atoms with E-state index >= 15 is 0 Å². The Morgan fingerprint density at radius 1 is 0.463 bits per heavy atom. The van der Waals surface area contributed by atoms with Crippen molar-refractivity contribution in [1.29, 1.82) is 0 Å². The Balaban J connectivity index is 1.25. The van der Waals surface area contributed by atoms with Gasteiger partial charge in [-0.05, 0) is 72.3 Å². The Hall–Kier alpha value is -7.37. The van der Waals surface area contributed by atoms with E-state index in [0.717, 1.165) is 99.0 Å². The van der Waals surface area contributed by atoms with Gasteiger partial charge in [-0.3, -0.25) is 9.97 Å². The van der Waals surface area contributed by atoms with Gasteiger partial charge in [0.15, 0.2) is 0 Å². The molecule has 0 N–H and O–H groups in total. The first-order valence-corrected chi connectivity index (χ1v) is 18.2. The van der Waals surface area contributed by atoms with Gasteiger partial charge in [0.1, 0.15) is 11.2 Å². The summed E-state index contributed by atoms with van der Waals surface area (Å²) < 4.78 is 9.25. The minimum atomic E-state index is 0.848. The minimum absolute atomic E-state index is 0.848. The van der Waals surface area contributed by atoms with Crippen molar-refractivity contribution >= 4 is 87.2 Å². The van der Waals surface area contributed by atoms with Gasteiger partial charge in [0.25, 0.3) is 0 Å². The number of fused-ring (bicyclic) bond motifs is 13. The maximum absolute atomic E-state index is 6.89. The van der Waals surface area contributed by atoms with E-state index < -0.39 is 0 Å². The molecular weight excluding hydrogens is 661 g/mol. The fraction of sp³-hybridized carbons (Fsp3) is 0. The van der Waals surface area contributed by atoms with E-state index in [2.05, 4.69) is 144 Å². The molecule has 12 aromatic rings. The Kier molecular flexibility index (Phi) is 5.99. The predicted octanol–water partition coefficient (Wildman–Crippen LogP) is 12.8. The van der Waals surface area contributed by atoms with Crippen LogP contribution in [0.3, 0.4) is 0 Å². The van der Waals surface area contributed by atoms with Crippen LogP contribution in [-0.4, -0.2) is 19.5 Å². The molecule has 0 radical (unpaired) electrons. The number of pyridine rings is 3. The van der Waals surface area contributed by atoms with E-state index in [1.807, 2.05) is 30.6 Å². The van der Waals surface area contributed by atoms with Crippen molar-refractivity contribution in [3.05, 3.63) is 170 Å². The van der Waals surface area contributed by atoms with E-state index in [4.69, 9.17) is 19.4 Å². The lowest BCUT2D eigenvalue weighted by Gasteiger charge is -2.15. The van der Waals surface area contributed by atoms with Crippen molar-refractivity contribution in [2.45, 2.75) is 0 Å². The molecule has 0 aliphatic rings. The highest BCUT2D eigenvalue weighted by atomic mass is 16.3. The molecule has 0 saturated heterocycles. The Morgan fingerprint density at radius 2 is 1.19 bits per heavy atom. The van der Waals surface area contributed by atoms with Crippen molar-refractivity contribution < 1.29 is 4.42 Å². The van der Waals surface area contributed by atoms with Crippen molar-refractivity contribution in [3.63, 3.8) is 0 Å². The molecule has 0 atom stereocenters. The number of furan rings is 1. The highest BCUT2D eigenvalue weighted by Crippen LogP contribution is 2.47. The van der Waals surface area contributed by atoms with Crippen molar-refractivity contribution in [2.75, 3.05) is 0 Å². The highest BCUT2D eigenvalue weighted by Gasteiger charge is 2.23. The number of nitrogens with zero attached hydrogens (tertiary/aromatic N) is 4. The molecule has 0 unspecified atom stereocenters. The quantitative estimate of drug-likeness (QED) is 0.173. The molecule has 0 bridgehead atoms. The molecule has 54 heavy (non-hydrogen) atoms. The van der Waals surface area contributed by atoms with Gasteiger partial charge >= 0.3 is 0 Å². The summed E-state index contributed by atoms with van der Waals surface area (Å²) in [5.74, 6) is 0. The third kappa shape index (κ3) is 4.06. The topological polar surface area (TPSA) is 56.7 Å². The second kappa shape index (κ2) is 11.1. The lowest BCUT2D eigenvalue weighted by molar-refractivity contribution is 0.670. The first kappa shape index (κ1) is 29.2. The molecule has 12 rings (SSSR count). The fourth-order valence-electron chi connectivity index (χ4n) is 8.72. The standard InChI is InChI=1S/C49H28N4O/c1-2-13-31(14-3-1)53-41-20-8-5-15-32(41)37-27-30(22-23-42(37)53)46-39-28-38(36-26-29-12-10-24-50-47(29)48-33(36)18-11-25-51-48)49-45(35-17-6-9-21-43(35)54-49)44(39)34-16-4-7-19-40(34)52-46/h1-28H. The summed E-state index contributed by atoms with van der Waals surface area (Å²) in [5.41, 5.74) is 11.9. The summed E-state index contributed by atoms with van der Waals surface area (Å²) in [4.78, 5) is 15.1. The van der Waals surface area contributed by atoms with E-state index in [1.165, 1.54) is 16.3 Å². The number of hydrogen-bond acceptors (Lipinski definition) is 4. The molecule has 0 spiro atoms. The molecule has 250 valence electrons. The summed E-state index contributed by atoms with van der Waals surface area (Å²) in [6.45, 7) is 0. The van der Waals surface area contributed by atoms with Crippen LogP contribution in [0.25, 0.3) is 115 Å². The Bertz CT molecular complexity index is 3510. The van der Waals surface area contributed by atoms with E-state index in [9.17, 15) is 0 Å². The summed E-state index contributed by atoms with van der Waals surface area (Å²) in [5, 5.41) is 9.90. The minimum Gasteiger partial charge on any atom is -0.455 e. The zero-order valence-corrected chi connectivity index (χ0v) is 28.9. The summed E-state index contributed by atoms with van der Waals surface area (Å²) in [7, 11) is 0. The number of benzene rings is 7. The molecule has 0 fully saturated rings. The lowest BCUT2D eigenvalue weighted by Crippen LogP contribution is -1.94. The van der Waals surface area contributed by atoms with Crippen LogP contribution >= 0.6 is 0 Å². The molecule has 5 heteroatoms. The van der Waals surface area contributed by atoms with Crippen molar-refractivity contribution in [3.8, 4) is 28.1 Å². The molecule has 5 nitrogen and oxygen atoms in total. The average molecular weight is 689 g/mol. The third-order valence-electron chi connectivity index (χ3n) is 11.0. The van der Waals surface area contributed by atoms with E-state index in [-0.39, 0.29) is 0 Å². The first-order valence-electron chi connectivity index (χ1n) is 18.2. The van der Waals surface area contributed by atoms with Gasteiger partial charge in [-0.15, -0.1) is 0 Å². The molecule has 5 heterocycles. The van der Waals surface area contributed by atoms with Crippen LogP contribution in [0, 0.1) is 0 Å². The van der Waals surface area contributed by atoms with Gasteiger partial charge in [0.2, 0.25) is 0 Å². The van der Waals surface area contributed by atoms with Crippen LogP contribution in [0.1, 0.15) is 0 Å². The molecular formula is C49H28N4O. The Morgan fingerprint density at radius 3 is 2.09 bits per heavy atom. The molecule has 5 aromatic heterocycles. The van der Waals surface area contributed by atoms with Crippen LogP contribution in [0.4, 0.5) is 0 Å². The van der Waals surface area contributed by atoms with Gasteiger partial charge in [-0.25, -0.2) is 4.98 Å². The summed E-state index contributed by atoms with van der Waals surface area (Å²) >= 11 is 0. The molecule has 0 aliphatic heterocycles. The first-order chi connectivity index (χ1) is 26.8. The van der Waals surface area contributed by atoms with Crippen LogP contribution in [0.15, 0.2) is 175 Å². The smallest absolute Gasteiger partial charge is 0.143 e. The molecule has 0 aliphatic carbocycles. The van der Waals surface area contributed by atoms with Crippen molar-refractivity contribution in [2.24, 2.45) is 0 Å². The largest absolute Gasteiger partial charge is 0.455 e. The predicted molar refractivity (Wildman–Crippen MR) is 222 cm³/mol. The second-order valence-corrected chi connectivity index (χ2v) is 13.9. The second-order valence-electron chi connectivity index (χ2n) is 13.9. The molecule has 0 amide bonds. The van der Waals surface area contributed by atoms with Gasteiger partial charge in [0.05, 0.1) is 33.3 Å². The van der Waals surface area contributed by atoms with Crippen LogP contribution in [-0.2, 0) is 0 Å². The van der Waals surface area contributed by atoms with Gasteiger partial charge in [-0.1, -0.05) is 91.0 Å². The Labute approximate surface area is 308 Å². The number of para-hydroxylation sites is 4. The lowest BCUT2D eigenvalue weighted by atomic mass is 9.90. The summed E-state index contributed by atoms with van der Waals surface area (Å²) in [6, 6.07) is 55.7. The maximum Gasteiger partial charge on any atom is 0.143 e. The third-order valence-corrected chi connectivity index (χ3v) is 11.0. The number of hydrogen-bond donors (Lipinski definition) is 0. The van der Waals surface area contributed by atoms with E-state index in [1.54, 1.807) is 0 Å². The van der Waals surface area contributed by atoms with Crippen molar-refractivity contribution in [1.82, 2.24) is 19.5 Å². The maximum atomic E-state index is 6.89. The average Bonchev–Trinajstić information content (AvgIpc) is 3.79. The molecule has 7 aromatic carbocycles. The van der Waals surface area contributed by atoms with Crippen LogP contribution in [0.5, 0.6) is 0 Å². The number of rotatable bonds is 3. The summed E-state index contributed by atoms with van der Waals surface area (Å²) in [6.07, 6.45) is 3.68. The van der Waals surface area contributed by atoms with Gasteiger partial charge in [-0.2, -0.15) is 0 Å². The van der Waals surface area contributed by atoms with Gasteiger partial charge in [0, 0.05) is 77.7 Å². The normalized spacial score (nSPS) is 12.1.